The first-order valence-electron chi connectivity index (χ1n) is 11.7. The summed E-state index contributed by atoms with van der Waals surface area (Å²) in [5, 5.41) is 7.29. The van der Waals surface area contributed by atoms with Crippen LogP contribution in [-0.4, -0.2) is 16.0 Å². The van der Waals surface area contributed by atoms with Gasteiger partial charge in [-0.15, -0.1) is 0 Å². The van der Waals surface area contributed by atoms with Gasteiger partial charge in [-0.1, -0.05) is 110 Å². The molecule has 4 aromatic rings. The Labute approximate surface area is 196 Å². The van der Waals surface area contributed by atoms with E-state index in [1.165, 1.54) is 48.0 Å². The van der Waals surface area contributed by atoms with Gasteiger partial charge in [0, 0.05) is 34.3 Å². The summed E-state index contributed by atoms with van der Waals surface area (Å²) in [6, 6.07) is 32.4. The Morgan fingerprint density at radius 2 is 1.12 bits per heavy atom. The second kappa shape index (κ2) is 10.1. The quantitative estimate of drug-likeness (QED) is 0.364. The molecule has 1 fully saturated rings. The predicted octanol–water partition coefficient (Wildman–Crippen LogP) is 6.03. The van der Waals surface area contributed by atoms with Crippen molar-refractivity contribution < 1.29 is 0 Å². The van der Waals surface area contributed by atoms with E-state index in [0.29, 0.717) is 11.9 Å². The Balaban J connectivity index is 1.76. The van der Waals surface area contributed by atoms with E-state index in [4.69, 9.17) is 9.73 Å². The van der Waals surface area contributed by atoms with Gasteiger partial charge in [-0.25, -0.2) is 14.7 Å². The molecule has 5 heteroatoms. The maximum absolute atomic E-state index is 5.54. The van der Waals surface area contributed by atoms with Gasteiger partial charge in [-0.05, 0) is 12.8 Å². The molecule has 33 heavy (non-hydrogen) atoms. The number of nitrogens with zero attached hydrogens (tertiary/aromatic N) is 3. The lowest BCUT2D eigenvalue weighted by Gasteiger charge is -2.27. The molecular formula is C28H29N4P. The minimum Gasteiger partial charge on any atom is -0.364 e. The number of benzene rings is 3. The van der Waals surface area contributed by atoms with Crippen LogP contribution in [0.2, 0.25) is 0 Å². The summed E-state index contributed by atoms with van der Waals surface area (Å²) in [4.78, 5) is 9.43. The third-order valence-electron chi connectivity index (χ3n) is 6.26. The molecule has 0 amide bonds. The van der Waals surface area contributed by atoms with E-state index in [2.05, 4.69) is 101 Å². The minimum absolute atomic E-state index is 0.433. The van der Waals surface area contributed by atoms with E-state index < -0.39 is 7.05 Å². The van der Waals surface area contributed by atoms with Crippen LogP contribution >= 0.6 is 7.05 Å². The third-order valence-corrected chi connectivity index (χ3v) is 9.89. The average molecular weight is 453 g/mol. The summed E-state index contributed by atoms with van der Waals surface area (Å²) in [5.41, 5.74) is 0. The summed E-state index contributed by atoms with van der Waals surface area (Å²) in [6.45, 7) is 0. The molecule has 1 aliphatic rings. The zero-order valence-corrected chi connectivity index (χ0v) is 19.6. The first-order valence-corrected chi connectivity index (χ1v) is 13.5. The van der Waals surface area contributed by atoms with Crippen LogP contribution in [0, 0.1) is 0 Å². The van der Waals surface area contributed by atoms with Crippen LogP contribution in [0.15, 0.2) is 108 Å². The predicted molar refractivity (Wildman–Crippen MR) is 140 cm³/mol. The van der Waals surface area contributed by atoms with Gasteiger partial charge >= 0.3 is 0 Å². The van der Waals surface area contributed by atoms with Crippen LogP contribution in [0.25, 0.3) is 0 Å². The first kappa shape index (κ1) is 21.6. The number of hydrogen-bond acceptors (Lipinski definition) is 4. The molecule has 1 saturated carbocycles. The fourth-order valence-electron chi connectivity index (χ4n) is 4.64. The number of aromatic nitrogens is 2. The summed E-state index contributed by atoms with van der Waals surface area (Å²) in [6.07, 6.45) is 9.70. The Bertz CT molecular complexity index is 1120. The number of rotatable bonds is 6. The van der Waals surface area contributed by atoms with Gasteiger partial charge < -0.3 is 5.32 Å². The zero-order chi connectivity index (χ0) is 22.3. The van der Waals surface area contributed by atoms with Crippen molar-refractivity contribution in [2.24, 2.45) is 4.74 Å². The second-order valence-electron chi connectivity index (χ2n) is 8.45. The smallest absolute Gasteiger partial charge is 0.194 e. The molecule has 0 radical (unpaired) electrons. The van der Waals surface area contributed by atoms with Crippen molar-refractivity contribution in [2.75, 3.05) is 5.32 Å². The van der Waals surface area contributed by atoms with Crippen LogP contribution < -0.4 is 21.2 Å². The molecule has 1 aliphatic carbocycles. The molecule has 0 bridgehead atoms. The second-order valence-corrected chi connectivity index (χ2v) is 11.5. The minimum atomic E-state index is -2.37. The molecule has 1 aromatic heterocycles. The fraction of sp³-hybridized carbons (Fsp3) is 0.214. The van der Waals surface area contributed by atoms with Crippen LogP contribution in [0.3, 0.4) is 0 Å². The highest BCUT2D eigenvalue weighted by atomic mass is 31.2. The summed E-state index contributed by atoms with van der Waals surface area (Å²) >= 11 is 0. The Morgan fingerprint density at radius 3 is 1.64 bits per heavy atom. The normalized spacial score (nSPS) is 14.5. The topological polar surface area (TPSA) is 50.2 Å². The molecule has 0 spiro atoms. The molecular weight excluding hydrogens is 423 g/mol. The van der Waals surface area contributed by atoms with E-state index in [-0.39, 0.29) is 0 Å². The maximum atomic E-state index is 5.54. The molecule has 0 unspecified atom stereocenters. The number of anilines is 1. The van der Waals surface area contributed by atoms with Crippen molar-refractivity contribution in [3.05, 3.63) is 103 Å². The molecule has 166 valence electrons. The van der Waals surface area contributed by atoms with Crippen LogP contribution in [0.4, 0.5) is 11.6 Å². The molecule has 1 N–H and O–H groups in total. The van der Waals surface area contributed by atoms with E-state index in [0.717, 1.165) is 5.82 Å². The SMILES string of the molecule is c1ccc(P(=Nc2nccnc2NC2CCCCC2)(c2ccccc2)c2ccccc2)cc1. The van der Waals surface area contributed by atoms with Crippen molar-refractivity contribution in [3.8, 4) is 0 Å². The van der Waals surface area contributed by atoms with Crippen molar-refractivity contribution >= 4 is 34.6 Å². The summed E-state index contributed by atoms with van der Waals surface area (Å²) < 4.78 is 5.54. The van der Waals surface area contributed by atoms with Crippen LogP contribution in [0.1, 0.15) is 32.1 Å². The number of nitrogens with one attached hydrogen (secondary N) is 1. The molecule has 5 rings (SSSR count). The Hall–Kier alpha value is -3.23. The van der Waals surface area contributed by atoms with Gasteiger partial charge in [0.1, 0.15) is 0 Å². The maximum Gasteiger partial charge on any atom is 0.194 e. The Kier molecular flexibility index (Phi) is 6.64. The third kappa shape index (κ3) is 4.62. The molecule has 0 aliphatic heterocycles. The molecule has 0 saturated heterocycles. The first-order chi connectivity index (χ1) is 16.4. The van der Waals surface area contributed by atoms with Gasteiger partial charge in [0.15, 0.2) is 11.6 Å². The Morgan fingerprint density at radius 1 is 0.636 bits per heavy atom. The van der Waals surface area contributed by atoms with Crippen molar-refractivity contribution in [2.45, 2.75) is 38.1 Å². The van der Waals surface area contributed by atoms with E-state index in [9.17, 15) is 0 Å². The standard InChI is InChI=1S/C28H29N4P/c1-5-13-23(14-6-1)31-27-28(30-22-21-29-27)32-33(24-15-7-2-8-16-24,25-17-9-3-10-18-25)26-19-11-4-12-20-26/h2-4,7-12,15-23H,1,5-6,13-14H2,(H,29,31). The lowest BCUT2D eigenvalue weighted by molar-refractivity contribution is 0.462. The van der Waals surface area contributed by atoms with E-state index >= 15 is 0 Å². The highest BCUT2D eigenvalue weighted by Crippen LogP contribution is 2.49. The van der Waals surface area contributed by atoms with Crippen molar-refractivity contribution in [1.82, 2.24) is 9.97 Å². The molecule has 3 aromatic carbocycles. The van der Waals surface area contributed by atoms with Crippen molar-refractivity contribution in [3.63, 3.8) is 0 Å². The van der Waals surface area contributed by atoms with Gasteiger partial charge in [-0.2, -0.15) is 0 Å². The highest BCUT2D eigenvalue weighted by Gasteiger charge is 2.28. The monoisotopic (exact) mass is 452 g/mol. The van der Waals surface area contributed by atoms with E-state index in [1.807, 2.05) is 0 Å². The largest absolute Gasteiger partial charge is 0.364 e. The number of hydrogen-bond donors (Lipinski definition) is 1. The zero-order valence-electron chi connectivity index (χ0n) is 18.7. The van der Waals surface area contributed by atoms with Gasteiger partial charge in [0.25, 0.3) is 0 Å². The van der Waals surface area contributed by atoms with E-state index in [1.54, 1.807) is 12.4 Å². The molecule has 1 heterocycles. The van der Waals surface area contributed by atoms with Gasteiger partial charge in [-0.3, -0.25) is 0 Å². The lowest BCUT2D eigenvalue weighted by Crippen LogP contribution is -2.25. The van der Waals surface area contributed by atoms with Gasteiger partial charge in [0.2, 0.25) is 0 Å². The van der Waals surface area contributed by atoms with Gasteiger partial charge in [0.05, 0.1) is 7.05 Å². The van der Waals surface area contributed by atoms with Crippen molar-refractivity contribution in [1.29, 1.82) is 0 Å². The summed E-state index contributed by atoms with van der Waals surface area (Å²) in [5.74, 6) is 1.48. The molecule has 0 atom stereocenters. The van der Waals surface area contributed by atoms with Crippen LogP contribution in [0.5, 0.6) is 0 Å². The fourth-order valence-corrected chi connectivity index (χ4v) is 8.12. The summed E-state index contributed by atoms with van der Waals surface area (Å²) in [7, 11) is -2.37. The highest BCUT2D eigenvalue weighted by molar-refractivity contribution is 7.87. The van der Waals surface area contributed by atoms with Crippen LogP contribution in [-0.2, 0) is 0 Å². The lowest BCUT2D eigenvalue weighted by atomic mass is 9.95. The average Bonchev–Trinajstić information content (AvgIpc) is 2.90. The molecule has 4 nitrogen and oxygen atoms in total.